The zero-order chi connectivity index (χ0) is 16.1. The second-order valence-corrected chi connectivity index (χ2v) is 12.0. The third kappa shape index (κ3) is 5.07. The van der Waals surface area contributed by atoms with E-state index >= 15 is 0 Å². The molecule has 1 nitrogen and oxygen atoms in total. The number of benzene rings is 2. The van der Waals surface area contributed by atoms with E-state index in [-0.39, 0.29) is 12.4 Å². The lowest BCUT2D eigenvalue weighted by Crippen LogP contribution is -2.38. The summed E-state index contributed by atoms with van der Waals surface area (Å²) < 4.78 is 0. The normalized spacial score (nSPS) is 15.5. The highest BCUT2D eigenvalue weighted by atomic mass is 35.5. The third-order valence-corrected chi connectivity index (χ3v) is 8.39. The molecule has 1 aliphatic heterocycles. The van der Waals surface area contributed by atoms with Crippen molar-refractivity contribution >= 4 is 20.5 Å². The smallest absolute Gasteiger partial charge is 0.0794 e. The lowest BCUT2D eigenvalue weighted by molar-refractivity contribution is 0.288. The van der Waals surface area contributed by atoms with Crippen LogP contribution >= 0.6 is 12.4 Å². The van der Waals surface area contributed by atoms with Crippen LogP contribution in [-0.4, -0.2) is 26.1 Å². The molecule has 0 atom stereocenters. The minimum Gasteiger partial charge on any atom is -0.295 e. The van der Waals surface area contributed by atoms with Crippen LogP contribution < -0.4 is 0 Å². The standard InChI is InChI=1S/C21H27NSi.ClH/c1-23(2,18-20-11-7-4-8-12-20)21-13-15-22(16-14-21)17-19-9-5-3-6-10-19;/h3-13H,14-18H2,1-2H3;1H. The van der Waals surface area contributed by atoms with Gasteiger partial charge in [-0.05, 0) is 18.0 Å². The zero-order valence-corrected chi connectivity index (χ0v) is 16.6. The summed E-state index contributed by atoms with van der Waals surface area (Å²) in [7, 11) is -1.33. The first-order chi connectivity index (χ1) is 11.1. The second kappa shape index (κ2) is 8.66. The predicted octanol–water partition coefficient (Wildman–Crippen LogP) is 5.27. The fourth-order valence-electron chi connectivity index (χ4n) is 3.53. The Morgan fingerprint density at radius 3 is 2.00 bits per heavy atom. The van der Waals surface area contributed by atoms with Gasteiger partial charge in [-0.1, -0.05) is 90.6 Å². The van der Waals surface area contributed by atoms with Gasteiger partial charge in [0.25, 0.3) is 0 Å². The molecule has 1 aliphatic rings. The Morgan fingerprint density at radius 2 is 1.46 bits per heavy atom. The molecule has 0 aromatic heterocycles. The van der Waals surface area contributed by atoms with Gasteiger partial charge in [-0.2, -0.15) is 0 Å². The number of halogens is 1. The SMILES string of the molecule is C[Si](C)(Cc1ccccc1)C1=CCN(Cc2ccccc2)CC1.Cl. The summed E-state index contributed by atoms with van der Waals surface area (Å²) in [6.07, 6.45) is 3.78. The van der Waals surface area contributed by atoms with Gasteiger partial charge in [0.15, 0.2) is 0 Å². The van der Waals surface area contributed by atoms with Crippen molar-refractivity contribution < 1.29 is 0 Å². The second-order valence-electron chi connectivity index (χ2n) is 7.25. The van der Waals surface area contributed by atoms with Gasteiger partial charge in [0.05, 0.1) is 8.07 Å². The van der Waals surface area contributed by atoms with E-state index in [1.807, 2.05) is 0 Å². The summed E-state index contributed by atoms with van der Waals surface area (Å²) in [5, 5.41) is 1.76. The molecule has 3 heteroatoms. The Morgan fingerprint density at radius 1 is 0.875 bits per heavy atom. The van der Waals surface area contributed by atoms with Crippen LogP contribution in [0.4, 0.5) is 0 Å². The number of rotatable bonds is 5. The van der Waals surface area contributed by atoms with Crippen LogP contribution in [0.1, 0.15) is 17.5 Å². The van der Waals surface area contributed by atoms with E-state index in [0.29, 0.717) is 0 Å². The summed E-state index contributed by atoms with van der Waals surface area (Å²) in [4.78, 5) is 2.56. The minimum absolute atomic E-state index is 0. The number of nitrogens with zero attached hydrogens (tertiary/aromatic N) is 1. The molecule has 0 fully saturated rings. The maximum Gasteiger partial charge on any atom is 0.0794 e. The molecule has 0 N–H and O–H groups in total. The van der Waals surface area contributed by atoms with Crippen LogP contribution in [0.25, 0.3) is 0 Å². The van der Waals surface area contributed by atoms with Gasteiger partial charge >= 0.3 is 0 Å². The van der Waals surface area contributed by atoms with Crippen LogP contribution in [0.3, 0.4) is 0 Å². The number of hydrogen-bond donors (Lipinski definition) is 0. The summed E-state index contributed by atoms with van der Waals surface area (Å²) in [6, 6.07) is 23.1. The molecular weight excluding hydrogens is 330 g/mol. The molecule has 3 rings (SSSR count). The van der Waals surface area contributed by atoms with E-state index in [9.17, 15) is 0 Å². The van der Waals surface area contributed by atoms with Gasteiger partial charge in [0, 0.05) is 19.6 Å². The summed E-state index contributed by atoms with van der Waals surface area (Å²) >= 11 is 0. The van der Waals surface area contributed by atoms with Crippen molar-refractivity contribution in [3.8, 4) is 0 Å². The molecule has 0 aliphatic carbocycles. The first kappa shape index (κ1) is 19.0. The van der Waals surface area contributed by atoms with E-state index in [2.05, 4.69) is 84.7 Å². The third-order valence-electron chi connectivity index (χ3n) is 4.90. The van der Waals surface area contributed by atoms with Crippen LogP contribution in [0.5, 0.6) is 0 Å². The molecule has 0 bridgehead atoms. The van der Waals surface area contributed by atoms with Crippen LogP contribution in [0.15, 0.2) is 71.9 Å². The maximum atomic E-state index is 2.56. The Kier molecular flexibility index (Phi) is 6.85. The summed E-state index contributed by atoms with van der Waals surface area (Å²) in [5.74, 6) is 0. The first-order valence-corrected chi connectivity index (χ1v) is 11.8. The van der Waals surface area contributed by atoms with Crippen molar-refractivity contribution in [2.75, 3.05) is 13.1 Å². The van der Waals surface area contributed by atoms with Crippen molar-refractivity contribution in [2.45, 2.75) is 32.1 Å². The van der Waals surface area contributed by atoms with Gasteiger partial charge in [0.1, 0.15) is 0 Å². The van der Waals surface area contributed by atoms with Gasteiger partial charge in [0.2, 0.25) is 0 Å². The Hall–Kier alpha value is -1.35. The van der Waals surface area contributed by atoms with Crippen LogP contribution in [0.2, 0.25) is 13.1 Å². The van der Waals surface area contributed by atoms with Crippen molar-refractivity contribution in [2.24, 2.45) is 0 Å². The molecule has 2 aromatic carbocycles. The highest BCUT2D eigenvalue weighted by Gasteiger charge is 2.28. The predicted molar refractivity (Wildman–Crippen MR) is 109 cm³/mol. The minimum atomic E-state index is -1.33. The Balaban J connectivity index is 0.00000208. The highest BCUT2D eigenvalue weighted by molar-refractivity contribution is 6.83. The van der Waals surface area contributed by atoms with E-state index in [1.165, 1.54) is 30.1 Å². The average molecular weight is 358 g/mol. The maximum absolute atomic E-state index is 2.56. The molecule has 128 valence electrons. The van der Waals surface area contributed by atoms with Crippen molar-refractivity contribution in [3.05, 3.63) is 83.1 Å². The van der Waals surface area contributed by atoms with Crippen molar-refractivity contribution in [3.63, 3.8) is 0 Å². The monoisotopic (exact) mass is 357 g/mol. The van der Waals surface area contributed by atoms with Crippen LogP contribution in [0, 0.1) is 0 Å². The summed E-state index contributed by atoms with van der Waals surface area (Å²) in [6.45, 7) is 8.43. The fraction of sp³-hybridized carbons (Fsp3) is 0.333. The number of hydrogen-bond acceptors (Lipinski definition) is 1. The molecule has 1 heterocycles. The molecule has 0 spiro atoms. The molecule has 0 radical (unpaired) electrons. The lowest BCUT2D eigenvalue weighted by Gasteiger charge is -2.33. The molecule has 0 saturated heterocycles. The van der Waals surface area contributed by atoms with Gasteiger partial charge in [-0.3, -0.25) is 4.90 Å². The first-order valence-electron chi connectivity index (χ1n) is 8.63. The largest absolute Gasteiger partial charge is 0.295 e. The lowest BCUT2D eigenvalue weighted by atomic mass is 10.2. The van der Waals surface area contributed by atoms with Crippen molar-refractivity contribution in [1.29, 1.82) is 0 Å². The van der Waals surface area contributed by atoms with Gasteiger partial charge in [-0.25, -0.2) is 0 Å². The van der Waals surface area contributed by atoms with E-state index in [0.717, 1.165) is 13.1 Å². The topological polar surface area (TPSA) is 3.24 Å². The van der Waals surface area contributed by atoms with Gasteiger partial charge in [-0.15, -0.1) is 12.4 Å². The van der Waals surface area contributed by atoms with E-state index in [1.54, 1.807) is 5.20 Å². The zero-order valence-electron chi connectivity index (χ0n) is 14.7. The van der Waals surface area contributed by atoms with E-state index in [4.69, 9.17) is 0 Å². The Labute approximate surface area is 153 Å². The molecule has 0 amide bonds. The van der Waals surface area contributed by atoms with Crippen molar-refractivity contribution in [1.82, 2.24) is 4.90 Å². The quantitative estimate of drug-likeness (QED) is 0.659. The van der Waals surface area contributed by atoms with E-state index < -0.39 is 8.07 Å². The molecule has 24 heavy (non-hydrogen) atoms. The average Bonchev–Trinajstić information content (AvgIpc) is 2.57. The van der Waals surface area contributed by atoms with Crippen LogP contribution in [-0.2, 0) is 12.6 Å². The molecule has 0 saturated carbocycles. The molecular formula is C21H28ClNSi. The fourth-order valence-corrected chi connectivity index (χ4v) is 6.45. The molecule has 2 aromatic rings. The Bertz CT molecular complexity index is 652. The summed E-state index contributed by atoms with van der Waals surface area (Å²) in [5.41, 5.74) is 2.92. The highest BCUT2D eigenvalue weighted by Crippen LogP contribution is 2.26. The van der Waals surface area contributed by atoms with Gasteiger partial charge < -0.3 is 0 Å². The molecule has 0 unspecified atom stereocenters.